The highest BCUT2D eigenvalue weighted by atomic mass is 16.5. The molecule has 1 aromatic carbocycles. The van der Waals surface area contributed by atoms with Crippen LogP contribution in [-0.2, 0) is 4.79 Å². The van der Waals surface area contributed by atoms with Crippen LogP contribution in [-0.4, -0.2) is 37.1 Å². The number of benzene rings is 1. The molecule has 118 valence electrons. The van der Waals surface area contributed by atoms with Gasteiger partial charge in [-0.05, 0) is 42.5 Å². The van der Waals surface area contributed by atoms with Gasteiger partial charge in [0.05, 0.1) is 13.2 Å². The van der Waals surface area contributed by atoms with E-state index in [0.29, 0.717) is 13.2 Å². The number of nitrogens with zero attached hydrogens (tertiary/aromatic N) is 1. The number of fused-ring (bicyclic) bond motifs is 1. The van der Waals surface area contributed by atoms with Gasteiger partial charge in [-0.15, -0.1) is 0 Å². The average molecular weight is 301 g/mol. The SMILES string of the molecule is CC1CCN(C(=O)C=Cc2ccc3c(c2)OCCCO3)CC1. The Balaban J connectivity index is 1.65. The zero-order chi connectivity index (χ0) is 15.4. The molecule has 0 saturated carbocycles. The van der Waals surface area contributed by atoms with E-state index < -0.39 is 0 Å². The van der Waals surface area contributed by atoms with E-state index in [4.69, 9.17) is 9.47 Å². The number of piperidine rings is 1. The fourth-order valence-electron chi connectivity index (χ4n) is 2.79. The van der Waals surface area contributed by atoms with Crippen LogP contribution in [0, 0.1) is 5.92 Å². The van der Waals surface area contributed by atoms with E-state index in [1.807, 2.05) is 29.2 Å². The van der Waals surface area contributed by atoms with Gasteiger partial charge in [-0.2, -0.15) is 0 Å². The van der Waals surface area contributed by atoms with Crippen molar-refractivity contribution < 1.29 is 14.3 Å². The predicted octanol–water partition coefficient (Wildman–Crippen LogP) is 3.12. The van der Waals surface area contributed by atoms with Crippen LogP contribution in [0.25, 0.3) is 6.08 Å². The lowest BCUT2D eigenvalue weighted by Crippen LogP contribution is -2.36. The molecule has 4 nitrogen and oxygen atoms in total. The molecule has 1 aromatic rings. The molecule has 0 bridgehead atoms. The zero-order valence-corrected chi connectivity index (χ0v) is 13.1. The molecule has 0 aromatic heterocycles. The Hall–Kier alpha value is -1.97. The highest BCUT2D eigenvalue weighted by Gasteiger charge is 2.18. The Morgan fingerprint density at radius 1 is 1.18 bits per heavy atom. The summed E-state index contributed by atoms with van der Waals surface area (Å²) < 4.78 is 11.3. The summed E-state index contributed by atoms with van der Waals surface area (Å²) in [5.41, 5.74) is 0.961. The number of amides is 1. The van der Waals surface area contributed by atoms with Crippen LogP contribution in [0.4, 0.5) is 0 Å². The van der Waals surface area contributed by atoms with Crippen LogP contribution < -0.4 is 9.47 Å². The van der Waals surface area contributed by atoms with Gasteiger partial charge >= 0.3 is 0 Å². The predicted molar refractivity (Wildman–Crippen MR) is 86.1 cm³/mol. The topological polar surface area (TPSA) is 38.8 Å². The lowest BCUT2D eigenvalue weighted by Gasteiger charge is -2.29. The van der Waals surface area contributed by atoms with E-state index in [1.165, 1.54) is 0 Å². The summed E-state index contributed by atoms with van der Waals surface area (Å²) in [5.74, 6) is 2.37. The molecule has 1 amide bonds. The van der Waals surface area contributed by atoms with Gasteiger partial charge in [-0.1, -0.05) is 13.0 Å². The Morgan fingerprint density at radius 2 is 1.91 bits per heavy atom. The van der Waals surface area contributed by atoms with E-state index >= 15 is 0 Å². The molecular weight excluding hydrogens is 278 g/mol. The van der Waals surface area contributed by atoms with Gasteiger partial charge in [0.2, 0.25) is 5.91 Å². The molecule has 0 spiro atoms. The lowest BCUT2D eigenvalue weighted by molar-refractivity contribution is -0.127. The summed E-state index contributed by atoms with van der Waals surface area (Å²) in [4.78, 5) is 14.1. The van der Waals surface area contributed by atoms with Crippen molar-refractivity contribution in [2.45, 2.75) is 26.2 Å². The van der Waals surface area contributed by atoms with Crippen molar-refractivity contribution in [2.75, 3.05) is 26.3 Å². The third-order valence-corrected chi connectivity index (χ3v) is 4.29. The molecule has 2 aliphatic rings. The summed E-state index contributed by atoms with van der Waals surface area (Å²) >= 11 is 0. The van der Waals surface area contributed by atoms with E-state index in [9.17, 15) is 4.79 Å². The summed E-state index contributed by atoms with van der Waals surface area (Å²) in [7, 11) is 0. The van der Waals surface area contributed by atoms with Crippen molar-refractivity contribution >= 4 is 12.0 Å². The highest BCUT2D eigenvalue weighted by molar-refractivity contribution is 5.91. The second-order valence-electron chi connectivity index (χ2n) is 6.10. The fraction of sp³-hybridized carbons (Fsp3) is 0.500. The van der Waals surface area contributed by atoms with E-state index in [-0.39, 0.29) is 5.91 Å². The summed E-state index contributed by atoms with van der Waals surface area (Å²) in [6.45, 7) is 5.34. The van der Waals surface area contributed by atoms with Crippen molar-refractivity contribution in [2.24, 2.45) is 5.92 Å². The molecule has 2 heterocycles. The second kappa shape index (κ2) is 6.86. The van der Waals surface area contributed by atoms with Crippen LogP contribution in [0.15, 0.2) is 24.3 Å². The van der Waals surface area contributed by atoms with Crippen LogP contribution in [0.2, 0.25) is 0 Å². The summed E-state index contributed by atoms with van der Waals surface area (Å²) in [6, 6.07) is 5.80. The van der Waals surface area contributed by atoms with Gasteiger partial charge in [0.15, 0.2) is 11.5 Å². The van der Waals surface area contributed by atoms with Crippen molar-refractivity contribution in [3.8, 4) is 11.5 Å². The van der Waals surface area contributed by atoms with E-state index in [1.54, 1.807) is 6.08 Å². The molecule has 22 heavy (non-hydrogen) atoms. The third-order valence-electron chi connectivity index (χ3n) is 4.29. The van der Waals surface area contributed by atoms with Crippen LogP contribution in [0.5, 0.6) is 11.5 Å². The Kier molecular flexibility index (Phi) is 4.66. The van der Waals surface area contributed by atoms with Crippen molar-refractivity contribution in [3.63, 3.8) is 0 Å². The quantitative estimate of drug-likeness (QED) is 0.788. The van der Waals surface area contributed by atoms with Gasteiger partial charge in [-0.3, -0.25) is 4.79 Å². The molecule has 0 atom stereocenters. The van der Waals surface area contributed by atoms with Crippen LogP contribution >= 0.6 is 0 Å². The van der Waals surface area contributed by atoms with E-state index in [0.717, 1.165) is 55.3 Å². The first-order valence-electron chi connectivity index (χ1n) is 8.09. The number of carbonyl (C=O) groups excluding carboxylic acids is 1. The largest absolute Gasteiger partial charge is 0.490 e. The van der Waals surface area contributed by atoms with Gasteiger partial charge in [-0.25, -0.2) is 0 Å². The van der Waals surface area contributed by atoms with Crippen molar-refractivity contribution in [3.05, 3.63) is 29.8 Å². The maximum Gasteiger partial charge on any atom is 0.246 e. The normalized spacial score (nSPS) is 19.2. The van der Waals surface area contributed by atoms with Gasteiger partial charge in [0.25, 0.3) is 0 Å². The maximum absolute atomic E-state index is 12.2. The smallest absolute Gasteiger partial charge is 0.246 e. The molecule has 0 N–H and O–H groups in total. The standard InChI is InChI=1S/C18H23NO3/c1-14-7-9-19(10-8-14)18(20)6-4-15-3-5-16-17(13-15)22-12-2-11-21-16/h3-6,13-14H,2,7-12H2,1H3. The molecule has 0 aliphatic carbocycles. The monoisotopic (exact) mass is 301 g/mol. The first-order chi connectivity index (χ1) is 10.7. The molecule has 1 fully saturated rings. The Bertz CT molecular complexity index is 559. The first kappa shape index (κ1) is 14.9. The van der Waals surface area contributed by atoms with Gasteiger partial charge in [0.1, 0.15) is 0 Å². The molecule has 0 radical (unpaired) electrons. The lowest BCUT2D eigenvalue weighted by atomic mass is 9.99. The highest BCUT2D eigenvalue weighted by Crippen LogP contribution is 2.30. The molecule has 1 saturated heterocycles. The molecular formula is C18H23NO3. The first-order valence-corrected chi connectivity index (χ1v) is 8.09. The summed E-state index contributed by atoms with van der Waals surface area (Å²) in [6.07, 6.45) is 6.61. The van der Waals surface area contributed by atoms with Crippen molar-refractivity contribution in [1.29, 1.82) is 0 Å². The number of hydrogen-bond donors (Lipinski definition) is 0. The fourth-order valence-corrected chi connectivity index (χ4v) is 2.79. The zero-order valence-electron chi connectivity index (χ0n) is 13.1. The van der Waals surface area contributed by atoms with E-state index in [2.05, 4.69) is 6.92 Å². The Morgan fingerprint density at radius 3 is 2.68 bits per heavy atom. The third kappa shape index (κ3) is 3.62. The molecule has 2 aliphatic heterocycles. The average Bonchev–Trinajstić information content (AvgIpc) is 2.78. The minimum Gasteiger partial charge on any atom is -0.490 e. The molecule has 0 unspecified atom stereocenters. The second-order valence-corrected chi connectivity index (χ2v) is 6.10. The maximum atomic E-state index is 12.2. The minimum atomic E-state index is 0.0963. The van der Waals surface area contributed by atoms with Crippen LogP contribution in [0.3, 0.4) is 0 Å². The minimum absolute atomic E-state index is 0.0963. The number of likely N-dealkylation sites (tertiary alicyclic amines) is 1. The number of rotatable bonds is 2. The number of carbonyl (C=O) groups is 1. The molecule has 4 heteroatoms. The summed E-state index contributed by atoms with van der Waals surface area (Å²) in [5, 5.41) is 0. The van der Waals surface area contributed by atoms with Gasteiger partial charge < -0.3 is 14.4 Å². The Labute approximate surface area is 131 Å². The van der Waals surface area contributed by atoms with Crippen LogP contribution in [0.1, 0.15) is 31.7 Å². The number of ether oxygens (including phenoxy) is 2. The number of hydrogen-bond acceptors (Lipinski definition) is 3. The van der Waals surface area contributed by atoms with Crippen molar-refractivity contribution in [1.82, 2.24) is 4.90 Å². The molecule has 3 rings (SSSR count). The van der Waals surface area contributed by atoms with Gasteiger partial charge in [0, 0.05) is 25.6 Å².